The number of Topliss-reactive ketones (excluding diaryl/α,β-unsaturated/α-hetero) is 1. The van der Waals surface area contributed by atoms with Crippen molar-refractivity contribution in [2.75, 3.05) is 24.7 Å². The van der Waals surface area contributed by atoms with Gasteiger partial charge in [-0.1, -0.05) is 97.1 Å². The zero-order valence-corrected chi connectivity index (χ0v) is 22.3. The third-order valence-electron chi connectivity index (χ3n) is 10.3. The molecule has 0 amide bonds. The molecule has 5 heteroatoms. The average molecular weight is 529 g/mol. The molecule has 39 heavy (non-hydrogen) atoms. The summed E-state index contributed by atoms with van der Waals surface area (Å²) in [6.45, 7) is 0.988. The summed E-state index contributed by atoms with van der Waals surface area (Å²) in [5.74, 6) is 1.94. The fraction of sp³-hybridized carbons (Fsp3) is 0.265. The number of hydrogen-bond acceptors (Lipinski definition) is 5. The highest BCUT2D eigenvalue weighted by atomic mass is 32.2. The lowest BCUT2D eigenvalue weighted by Gasteiger charge is -2.48. The molecule has 4 aromatic rings. The summed E-state index contributed by atoms with van der Waals surface area (Å²) in [5, 5.41) is 15.7. The van der Waals surface area contributed by atoms with E-state index in [4.69, 9.17) is 0 Å². The van der Waals surface area contributed by atoms with E-state index in [0.717, 1.165) is 44.7 Å². The summed E-state index contributed by atoms with van der Waals surface area (Å²) in [6, 6.07) is 33.7. The number of thioether (sulfide) groups is 1. The van der Waals surface area contributed by atoms with Gasteiger partial charge in [-0.3, -0.25) is 14.6 Å². The standard InChI is InChI=1S/C34H28N2O2S/c37-31-25(17-22-9-3-1-4-10-22)18-35-20-32(31)30(24-11-5-2-6-12-24)28-19-39-21-36(28)33(32)26-15-7-13-23-14-8-16-27(29(23)26)34(33,35)38/h1-17,28,30,38H,18-21H2/b25-17+/t28-,30+,32-,33+,34+/m1/s1. The Hall–Kier alpha value is -3.22. The highest BCUT2D eigenvalue weighted by Crippen LogP contribution is 2.78. The molecule has 1 N–H and O–H groups in total. The fourth-order valence-corrected chi connectivity index (χ4v) is 10.6. The van der Waals surface area contributed by atoms with Crippen molar-refractivity contribution in [2.24, 2.45) is 5.41 Å². The number of ketones is 1. The normalized spacial score (nSPS) is 36.9. The van der Waals surface area contributed by atoms with Gasteiger partial charge in [-0.2, -0.15) is 0 Å². The Morgan fingerprint density at radius 2 is 1.59 bits per heavy atom. The molecule has 4 fully saturated rings. The Kier molecular flexibility index (Phi) is 4.34. The van der Waals surface area contributed by atoms with Gasteiger partial charge in [-0.25, -0.2) is 0 Å². The zero-order chi connectivity index (χ0) is 26.0. The summed E-state index contributed by atoms with van der Waals surface area (Å²) in [6.07, 6.45) is 2.07. The lowest BCUT2D eigenvalue weighted by Crippen LogP contribution is -2.61. The van der Waals surface area contributed by atoms with Gasteiger partial charge in [0, 0.05) is 47.8 Å². The molecule has 192 valence electrons. The number of fused-ring (bicyclic) bond motifs is 4. The monoisotopic (exact) mass is 528 g/mol. The topological polar surface area (TPSA) is 43.8 Å². The maximum Gasteiger partial charge on any atom is 0.170 e. The maximum absolute atomic E-state index is 15.3. The van der Waals surface area contributed by atoms with E-state index in [1.54, 1.807) is 0 Å². The average Bonchev–Trinajstić information content (AvgIpc) is 3.64. The van der Waals surface area contributed by atoms with Gasteiger partial charge in [-0.15, -0.1) is 11.8 Å². The molecule has 4 aromatic carbocycles. The number of hydrogen-bond donors (Lipinski definition) is 1. The van der Waals surface area contributed by atoms with Gasteiger partial charge >= 0.3 is 0 Å². The van der Waals surface area contributed by atoms with Crippen molar-refractivity contribution in [2.45, 2.75) is 23.2 Å². The van der Waals surface area contributed by atoms with Crippen LogP contribution in [0.15, 0.2) is 103 Å². The number of aliphatic hydroxyl groups is 1. The van der Waals surface area contributed by atoms with Crippen molar-refractivity contribution in [3.05, 3.63) is 125 Å². The molecule has 4 nitrogen and oxygen atoms in total. The van der Waals surface area contributed by atoms with Crippen LogP contribution in [-0.4, -0.2) is 51.5 Å². The van der Waals surface area contributed by atoms with Crippen LogP contribution in [-0.2, 0) is 16.1 Å². The molecular formula is C34H28N2O2S. The second-order valence-corrected chi connectivity index (χ2v) is 12.8. The molecule has 1 aliphatic carbocycles. The molecule has 4 heterocycles. The molecule has 4 aliphatic heterocycles. The third kappa shape index (κ3) is 2.36. The fourth-order valence-electron chi connectivity index (χ4n) is 9.28. The Morgan fingerprint density at radius 1 is 0.872 bits per heavy atom. The van der Waals surface area contributed by atoms with E-state index in [1.165, 1.54) is 5.56 Å². The molecule has 2 spiro atoms. The van der Waals surface area contributed by atoms with Gasteiger partial charge in [0.2, 0.25) is 0 Å². The van der Waals surface area contributed by atoms with E-state index in [2.05, 4.69) is 94.7 Å². The first-order valence-electron chi connectivity index (χ1n) is 13.8. The van der Waals surface area contributed by atoms with Crippen molar-refractivity contribution < 1.29 is 9.90 Å². The minimum absolute atomic E-state index is 0.0261. The number of nitrogens with zero attached hydrogens (tertiary/aromatic N) is 2. The third-order valence-corrected chi connectivity index (χ3v) is 11.4. The SMILES string of the molecule is O=C1/C(=C/c2ccccc2)CN2C[C@@]13[C@@H](c1ccccc1)[C@H]1CSCN1[C@@]31c3cccc4cccc(c34)[C@@]21O. The number of carbonyl (C=O) groups excluding carboxylic acids is 1. The highest BCUT2D eigenvalue weighted by Gasteiger charge is 2.87. The molecule has 0 saturated carbocycles. The van der Waals surface area contributed by atoms with E-state index in [0.29, 0.717) is 13.1 Å². The van der Waals surface area contributed by atoms with Gasteiger partial charge in [0.25, 0.3) is 0 Å². The Labute approximate surface area is 231 Å². The quantitative estimate of drug-likeness (QED) is 0.356. The molecular weight excluding hydrogens is 500 g/mol. The number of rotatable bonds is 2. The van der Waals surface area contributed by atoms with Crippen LogP contribution in [0, 0.1) is 5.41 Å². The largest absolute Gasteiger partial charge is 0.369 e. The van der Waals surface area contributed by atoms with Gasteiger partial charge < -0.3 is 5.11 Å². The zero-order valence-electron chi connectivity index (χ0n) is 21.5. The van der Waals surface area contributed by atoms with Crippen LogP contribution in [0.5, 0.6) is 0 Å². The van der Waals surface area contributed by atoms with Crippen molar-refractivity contribution >= 4 is 34.4 Å². The first-order chi connectivity index (χ1) is 19.1. The Balaban J connectivity index is 1.41. The van der Waals surface area contributed by atoms with Crippen LogP contribution in [0.2, 0.25) is 0 Å². The van der Waals surface area contributed by atoms with E-state index in [9.17, 15) is 5.11 Å². The van der Waals surface area contributed by atoms with Gasteiger partial charge in [0.05, 0.1) is 5.41 Å². The molecule has 0 aromatic heterocycles. The van der Waals surface area contributed by atoms with Gasteiger partial charge in [0.15, 0.2) is 11.5 Å². The Morgan fingerprint density at radius 3 is 2.36 bits per heavy atom. The van der Waals surface area contributed by atoms with E-state index in [1.807, 2.05) is 30.0 Å². The minimum Gasteiger partial charge on any atom is -0.369 e. The van der Waals surface area contributed by atoms with Crippen molar-refractivity contribution in [3.63, 3.8) is 0 Å². The van der Waals surface area contributed by atoms with Crippen LogP contribution < -0.4 is 0 Å². The van der Waals surface area contributed by atoms with Crippen LogP contribution in [0.25, 0.3) is 16.8 Å². The predicted molar refractivity (Wildman–Crippen MR) is 155 cm³/mol. The molecule has 0 radical (unpaired) electrons. The van der Waals surface area contributed by atoms with Crippen LogP contribution in [0.3, 0.4) is 0 Å². The molecule has 2 bridgehead atoms. The lowest BCUT2D eigenvalue weighted by molar-refractivity contribution is -0.171. The second kappa shape index (κ2) is 7.49. The summed E-state index contributed by atoms with van der Waals surface area (Å²) in [7, 11) is 0. The maximum atomic E-state index is 15.3. The minimum atomic E-state index is -1.30. The van der Waals surface area contributed by atoms with Crippen molar-refractivity contribution in [3.8, 4) is 0 Å². The summed E-state index contributed by atoms with van der Waals surface area (Å²) in [5.41, 5.74) is 2.13. The molecule has 5 aliphatic rings. The van der Waals surface area contributed by atoms with E-state index < -0.39 is 16.7 Å². The second-order valence-electron chi connectivity index (χ2n) is 11.8. The van der Waals surface area contributed by atoms with Gasteiger partial charge in [0.1, 0.15) is 5.54 Å². The number of carbonyl (C=O) groups is 1. The number of benzene rings is 4. The van der Waals surface area contributed by atoms with Crippen molar-refractivity contribution in [1.82, 2.24) is 9.80 Å². The van der Waals surface area contributed by atoms with Crippen LogP contribution in [0.4, 0.5) is 0 Å². The molecule has 1 unspecified atom stereocenters. The first-order valence-corrected chi connectivity index (χ1v) is 15.0. The van der Waals surface area contributed by atoms with E-state index in [-0.39, 0.29) is 17.7 Å². The molecule has 4 saturated heterocycles. The Bertz CT molecular complexity index is 1720. The van der Waals surface area contributed by atoms with Crippen LogP contribution >= 0.6 is 11.8 Å². The highest BCUT2D eigenvalue weighted by molar-refractivity contribution is 7.99. The smallest absolute Gasteiger partial charge is 0.170 e. The summed E-state index contributed by atoms with van der Waals surface area (Å²) >= 11 is 1.93. The van der Waals surface area contributed by atoms with Crippen molar-refractivity contribution in [1.29, 1.82) is 0 Å². The number of piperidine rings is 1. The summed E-state index contributed by atoms with van der Waals surface area (Å²) < 4.78 is 0. The predicted octanol–water partition coefficient (Wildman–Crippen LogP) is 5.33. The van der Waals surface area contributed by atoms with Crippen LogP contribution in [0.1, 0.15) is 28.2 Å². The summed E-state index contributed by atoms with van der Waals surface area (Å²) in [4.78, 5) is 20.1. The first kappa shape index (κ1) is 22.6. The molecule has 9 rings (SSSR count). The van der Waals surface area contributed by atoms with E-state index >= 15 is 4.79 Å². The van der Waals surface area contributed by atoms with Gasteiger partial charge in [-0.05, 0) is 33.5 Å². The molecule has 6 atom stereocenters. The lowest BCUT2D eigenvalue weighted by atomic mass is 9.57.